The minimum absolute atomic E-state index is 0.0238. The van der Waals surface area contributed by atoms with Gasteiger partial charge in [0.15, 0.2) is 0 Å². The molecule has 0 radical (unpaired) electrons. The normalized spacial score (nSPS) is 22.4. The number of nitrogens with one attached hydrogen (secondary N) is 2. The van der Waals surface area contributed by atoms with Crippen molar-refractivity contribution in [2.45, 2.75) is 18.9 Å². The third kappa shape index (κ3) is 3.25. The summed E-state index contributed by atoms with van der Waals surface area (Å²) in [4.78, 5) is 11.6. The van der Waals surface area contributed by atoms with Gasteiger partial charge in [0.2, 0.25) is 5.91 Å². The van der Waals surface area contributed by atoms with Crippen LogP contribution in [0, 0.1) is 5.92 Å². The second-order valence-corrected chi connectivity index (χ2v) is 3.61. The number of hydrogen-bond donors (Lipinski definition) is 4. The Balaban J connectivity index is 2.32. The molecule has 0 aliphatic carbocycles. The lowest BCUT2D eigenvalue weighted by molar-refractivity contribution is -0.126. The maximum atomic E-state index is 11.6. The Morgan fingerprint density at radius 3 is 2.71 bits per heavy atom. The van der Waals surface area contributed by atoms with Crippen LogP contribution in [0.3, 0.4) is 0 Å². The van der Waals surface area contributed by atoms with Crippen molar-refractivity contribution in [3.8, 4) is 0 Å². The van der Waals surface area contributed by atoms with Gasteiger partial charge < -0.3 is 20.8 Å². The summed E-state index contributed by atoms with van der Waals surface area (Å²) < 4.78 is 0. The largest absolute Gasteiger partial charge is 0.394 e. The molecule has 1 heterocycles. The van der Waals surface area contributed by atoms with Gasteiger partial charge in [-0.25, -0.2) is 0 Å². The Morgan fingerprint density at radius 2 is 2.21 bits per heavy atom. The molecule has 1 amide bonds. The Bertz CT molecular complexity index is 177. The van der Waals surface area contributed by atoms with Crippen molar-refractivity contribution >= 4 is 5.91 Å². The zero-order valence-corrected chi connectivity index (χ0v) is 8.20. The zero-order valence-electron chi connectivity index (χ0n) is 8.20. The Hall–Kier alpha value is -0.650. The summed E-state index contributed by atoms with van der Waals surface area (Å²) in [6.07, 6.45) is 1.88. The third-order valence-electron chi connectivity index (χ3n) is 2.45. The minimum Gasteiger partial charge on any atom is -0.394 e. The number of piperidine rings is 1. The standard InChI is InChI=1S/C9H18N2O3/c12-5-8(6-13)11-9(14)7-2-1-3-10-4-7/h7-8,10,12-13H,1-6H2,(H,11,14). The highest BCUT2D eigenvalue weighted by molar-refractivity contribution is 5.79. The summed E-state index contributed by atoms with van der Waals surface area (Å²) in [5.74, 6) is -0.102. The molecule has 1 aliphatic rings. The van der Waals surface area contributed by atoms with Crippen LogP contribution in [0.15, 0.2) is 0 Å². The molecule has 1 aliphatic heterocycles. The van der Waals surface area contributed by atoms with Crippen molar-refractivity contribution < 1.29 is 15.0 Å². The molecule has 0 spiro atoms. The summed E-state index contributed by atoms with van der Waals surface area (Å²) in [6, 6.07) is -0.524. The molecule has 5 heteroatoms. The molecule has 1 rings (SSSR count). The predicted molar refractivity (Wildman–Crippen MR) is 51.7 cm³/mol. The molecular formula is C9H18N2O3. The van der Waals surface area contributed by atoms with Gasteiger partial charge in [-0.3, -0.25) is 4.79 Å². The Labute approximate surface area is 83.5 Å². The van der Waals surface area contributed by atoms with Gasteiger partial charge in [-0.15, -0.1) is 0 Å². The van der Waals surface area contributed by atoms with Crippen LogP contribution in [-0.4, -0.2) is 48.5 Å². The van der Waals surface area contributed by atoms with Crippen molar-refractivity contribution in [2.24, 2.45) is 5.92 Å². The van der Waals surface area contributed by atoms with Crippen LogP contribution < -0.4 is 10.6 Å². The Kier molecular flexibility index (Phi) is 4.86. The number of amides is 1. The van der Waals surface area contributed by atoms with Crippen LogP contribution in [-0.2, 0) is 4.79 Å². The molecule has 0 saturated carbocycles. The first-order valence-electron chi connectivity index (χ1n) is 5.00. The molecule has 1 unspecified atom stereocenters. The molecule has 0 aromatic carbocycles. The summed E-state index contributed by atoms with van der Waals surface area (Å²) >= 11 is 0. The highest BCUT2D eigenvalue weighted by Crippen LogP contribution is 2.09. The van der Waals surface area contributed by atoms with Crippen LogP contribution in [0.5, 0.6) is 0 Å². The quantitative estimate of drug-likeness (QED) is 0.445. The average molecular weight is 202 g/mol. The van der Waals surface area contributed by atoms with E-state index >= 15 is 0 Å². The predicted octanol–water partition coefficient (Wildman–Crippen LogP) is -1.54. The van der Waals surface area contributed by atoms with Crippen molar-refractivity contribution in [1.29, 1.82) is 0 Å². The van der Waals surface area contributed by atoms with E-state index in [-0.39, 0.29) is 25.0 Å². The topological polar surface area (TPSA) is 81.6 Å². The van der Waals surface area contributed by atoms with E-state index < -0.39 is 6.04 Å². The highest BCUT2D eigenvalue weighted by atomic mass is 16.3. The monoisotopic (exact) mass is 202 g/mol. The number of rotatable bonds is 4. The van der Waals surface area contributed by atoms with Gasteiger partial charge in [-0.1, -0.05) is 0 Å². The summed E-state index contributed by atoms with van der Waals surface area (Å²) in [5.41, 5.74) is 0. The van der Waals surface area contributed by atoms with Crippen molar-refractivity contribution in [1.82, 2.24) is 10.6 Å². The molecule has 5 nitrogen and oxygen atoms in total. The number of aliphatic hydroxyl groups is 2. The maximum Gasteiger partial charge on any atom is 0.224 e. The van der Waals surface area contributed by atoms with Gasteiger partial charge in [-0.05, 0) is 19.4 Å². The molecule has 0 bridgehead atoms. The fraction of sp³-hybridized carbons (Fsp3) is 0.889. The lowest BCUT2D eigenvalue weighted by atomic mass is 9.98. The minimum atomic E-state index is -0.524. The van der Waals surface area contributed by atoms with Gasteiger partial charge in [0, 0.05) is 6.54 Å². The molecule has 0 aromatic heterocycles. The second kappa shape index (κ2) is 5.95. The van der Waals surface area contributed by atoms with Crippen LogP contribution in [0.4, 0.5) is 0 Å². The number of hydrogen-bond acceptors (Lipinski definition) is 4. The zero-order chi connectivity index (χ0) is 10.4. The number of carbonyl (C=O) groups is 1. The number of aliphatic hydroxyl groups excluding tert-OH is 2. The SMILES string of the molecule is O=C(NC(CO)CO)C1CCCNC1. The molecular weight excluding hydrogens is 184 g/mol. The van der Waals surface area contributed by atoms with Crippen molar-refractivity contribution in [2.75, 3.05) is 26.3 Å². The van der Waals surface area contributed by atoms with E-state index in [2.05, 4.69) is 10.6 Å². The average Bonchev–Trinajstić information content (AvgIpc) is 2.26. The Morgan fingerprint density at radius 1 is 1.50 bits per heavy atom. The smallest absolute Gasteiger partial charge is 0.224 e. The number of carbonyl (C=O) groups excluding carboxylic acids is 1. The first-order chi connectivity index (χ1) is 6.77. The second-order valence-electron chi connectivity index (χ2n) is 3.61. The summed E-state index contributed by atoms with van der Waals surface area (Å²) in [5, 5.41) is 23.3. The molecule has 0 aromatic rings. The fourth-order valence-corrected chi connectivity index (χ4v) is 1.54. The van der Waals surface area contributed by atoms with E-state index in [1.165, 1.54) is 0 Å². The van der Waals surface area contributed by atoms with E-state index in [0.717, 1.165) is 19.4 Å². The van der Waals surface area contributed by atoms with Crippen LogP contribution in [0.25, 0.3) is 0 Å². The van der Waals surface area contributed by atoms with E-state index in [4.69, 9.17) is 10.2 Å². The summed E-state index contributed by atoms with van der Waals surface area (Å²) in [6.45, 7) is 1.22. The lowest BCUT2D eigenvalue weighted by Gasteiger charge is -2.23. The van der Waals surface area contributed by atoms with Crippen molar-refractivity contribution in [3.63, 3.8) is 0 Å². The molecule has 14 heavy (non-hydrogen) atoms. The van der Waals surface area contributed by atoms with E-state index in [1.807, 2.05) is 0 Å². The van der Waals surface area contributed by atoms with E-state index in [9.17, 15) is 4.79 Å². The van der Waals surface area contributed by atoms with Gasteiger partial charge in [0.1, 0.15) is 0 Å². The molecule has 1 atom stereocenters. The third-order valence-corrected chi connectivity index (χ3v) is 2.45. The highest BCUT2D eigenvalue weighted by Gasteiger charge is 2.22. The first kappa shape index (κ1) is 11.4. The molecule has 1 saturated heterocycles. The van der Waals surface area contributed by atoms with Gasteiger partial charge in [0.05, 0.1) is 25.2 Å². The lowest BCUT2D eigenvalue weighted by Crippen LogP contribution is -2.47. The fourth-order valence-electron chi connectivity index (χ4n) is 1.54. The van der Waals surface area contributed by atoms with Gasteiger partial charge in [-0.2, -0.15) is 0 Å². The molecule has 82 valence electrons. The van der Waals surface area contributed by atoms with Crippen LogP contribution >= 0.6 is 0 Å². The van der Waals surface area contributed by atoms with E-state index in [0.29, 0.717) is 6.54 Å². The maximum absolute atomic E-state index is 11.6. The summed E-state index contributed by atoms with van der Waals surface area (Å²) in [7, 11) is 0. The van der Waals surface area contributed by atoms with Gasteiger partial charge in [0.25, 0.3) is 0 Å². The van der Waals surface area contributed by atoms with E-state index in [1.54, 1.807) is 0 Å². The molecule has 1 fully saturated rings. The van der Waals surface area contributed by atoms with Crippen molar-refractivity contribution in [3.05, 3.63) is 0 Å². The van der Waals surface area contributed by atoms with Crippen LogP contribution in [0.1, 0.15) is 12.8 Å². The van der Waals surface area contributed by atoms with Crippen LogP contribution in [0.2, 0.25) is 0 Å². The van der Waals surface area contributed by atoms with Gasteiger partial charge >= 0.3 is 0 Å². The first-order valence-corrected chi connectivity index (χ1v) is 5.00. The molecule has 4 N–H and O–H groups in total.